The van der Waals surface area contributed by atoms with Gasteiger partial charge in [-0.1, -0.05) is 18.5 Å². The average molecular weight is 257 g/mol. The summed E-state index contributed by atoms with van der Waals surface area (Å²) in [4.78, 5) is 6.53. The van der Waals surface area contributed by atoms with Crippen molar-refractivity contribution in [3.05, 3.63) is 29.0 Å². The van der Waals surface area contributed by atoms with E-state index in [-0.39, 0.29) is 0 Å². The number of aromatic nitrogens is 1. The second kappa shape index (κ2) is 5.39. The van der Waals surface area contributed by atoms with Gasteiger partial charge in [0.05, 0.1) is 0 Å². The van der Waals surface area contributed by atoms with Crippen molar-refractivity contribution in [1.82, 2.24) is 9.88 Å². The SMILES string of the molecule is CC1SCCN(Cc2ccnc(Cl)c2)C1C. The Morgan fingerprint density at radius 1 is 1.56 bits per heavy atom. The minimum atomic E-state index is 0.588. The maximum Gasteiger partial charge on any atom is 0.129 e. The van der Waals surface area contributed by atoms with E-state index < -0.39 is 0 Å². The fourth-order valence-corrected chi connectivity index (χ4v) is 3.35. The van der Waals surface area contributed by atoms with Gasteiger partial charge in [0.2, 0.25) is 0 Å². The van der Waals surface area contributed by atoms with Crippen LogP contribution in [0.5, 0.6) is 0 Å². The molecule has 2 rings (SSSR count). The third-order valence-electron chi connectivity index (χ3n) is 3.19. The van der Waals surface area contributed by atoms with E-state index in [1.165, 1.54) is 11.3 Å². The van der Waals surface area contributed by atoms with Gasteiger partial charge in [0.1, 0.15) is 5.15 Å². The highest BCUT2D eigenvalue weighted by Gasteiger charge is 2.24. The van der Waals surface area contributed by atoms with Gasteiger partial charge < -0.3 is 0 Å². The number of nitrogens with zero attached hydrogens (tertiary/aromatic N) is 2. The third-order valence-corrected chi connectivity index (χ3v) is 4.74. The van der Waals surface area contributed by atoms with E-state index in [1.54, 1.807) is 6.20 Å². The minimum absolute atomic E-state index is 0.588. The molecule has 1 aliphatic heterocycles. The lowest BCUT2D eigenvalue weighted by molar-refractivity contribution is 0.204. The molecule has 0 bridgehead atoms. The molecule has 0 spiro atoms. The van der Waals surface area contributed by atoms with Gasteiger partial charge >= 0.3 is 0 Å². The highest BCUT2D eigenvalue weighted by molar-refractivity contribution is 8.00. The van der Waals surface area contributed by atoms with Crippen molar-refractivity contribution in [3.63, 3.8) is 0 Å². The molecular formula is C12H17ClN2S. The summed E-state index contributed by atoms with van der Waals surface area (Å²) in [6.45, 7) is 6.76. The number of hydrogen-bond donors (Lipinski definition) is 0. The fourth-order valence-electron chi connectivity index (χ4n) is 1.99. The summed E-state index contributed by atoms with van der Waals surface area (Å²) < 4.78 is 0. The molecule has 2 heterocycles. The van der Waals surface area contributed by atoms with Crippen LogP contribution in [0.3, 0.4) is 0 Å². The second-order valence-corrected chi connectivity index (χ2v) is 6.15. The summed E-state index contributed by atoms with van der Waals surface area (Å²) in [6.07, 6.45) is 1.78. The number of hydrogen-bond acceptors (Lipinski definition) is 3. The van der Waals surface area contributed by atoms with E-state index in [2.05, 4.69) is 35.5 Å². The molecule has 0 amide bonds. The Bertz CT molecular complexity index is 359. The number of rotatable bonds is 2. The van der Waals surface area contributed by atoms with Crippen molar-refractivity contribution >= 4 is 23.4 Å². The number of halogens is 1. The van der Waals surface area contributed by atoms with Crippen LogP contribution in [0.2, 0.25) is 5.15 Å². The molecule has 0 N–H and O–H groups in total. The van der Waals surface area contributed by atoms with Crippen molar-refractivity contribution < 1.29 is 0 Å². The molecule has 0 aliphatic carbocycles. The molecule has 2 atom stereocenters. The topological polar surface area (TPSA) is 16.1 Å². The second-order valence-electron chi connectivity index (χ2n) is 4.27. The summed E-state index contributed by atoms with van der Waals surface area (Å²) in [7, 11) is 0. The van der Waals surface area contributed by atoms with E-state index in [0.29, 0.717) is 16.4 Å². The molecule has 88 valence electrons. The van der Waals surface area contributed by atoms with Crippen LogP contribution < -0.4 is 0 Å². The Hall–Kier alpha value is -0.250. The van der Waals surface area contributed by atoms with Crippen LogP contribution in [0.4, 0.5) is 0 Å². The van der Waals surface area contributed by atoms with Gasteiger partial charge in [-0.15, -0.1) is 0 Å². The molecule has 0 radical (unpaired) electrons. The third kappa shape index (κ3) is 2.90. The first-order valence-electron chi connectivity index (χ1n) is 5.63. The van der Waals surface area contributed by atoms with Gasteiger partial charge in [-0.2, -0.15) is 11.8 Å². The molecule has 1 fully saturated rings. The summed E-state index contributed by atoms with van der Waals surface area (Å²) in [6, 6.07) is 4.64. The highest BCUT2D eigenvalue weighted by Crippen LogP contribution is 2.25. The number of pyridine rings is 1. The molecule has 1 aliphatic rings. The molecule has 2 nitrogen and oxygen atoms in total. The minimum Gasteiger partial charge on any atom is -0.294 e. The van der Waals surface area contributed by atoms with Gasteiger partial charge in [-0.25, -0.2) is 4.98 Å². The van der Waals surface area contributed by atoms with E-state index in [9.17, 15) is 0 Å². The van der Waals surface area contributed by atoms with Crippen molar-refractivity contribution in [2.75, 3.05) is 12.3 Å². The molecule has 0 saturated carbocycles. The molecule has 0 aromatic carbocycles. The molecular weight excluding hydrogens is 240 g/mol. The summed E-state index contributed by atoms with van der Waals surface area (Å²) in [5.41, 5.74) is 1.26. The van der Waals surface area contributed by atoms with E-state index in [0.717, 1.165) is 13.1 Å². The maximum atomic E-state index is 5.89. The molecule has 2 unspecified atom stereocenters. The highest BCUT2D eigenvalue weighted by atomic mass is 35.5. The molecule has 16 heavy (non-hydrogen) atoms. The van der Waals surface area contributed by atoms with Gasteiger partial charge in [-0.3, -0.25) is 4.90 Å². The van der Waals surface area contributed by atoms with Crippen LogP contribution in [0, 0.1) is 0 Å². The van der Waals surface area contributed by atoms with Crippen LogP contribution in [0.15, 0.2) is 18.3 Å². The zero-order chi connectivity index (χ0) is 11.5. The Morgan fingerprint density at radius 3 is 3.12 bits per heavy atom. The first-order valence-corrected chi connectivity index (χ1v) is 7.05. The van der Waals surface area contributed by atoms with Crippen molar-refractivity contribution in [1.29, 1.82) is 0 Å². The molecule has 4 heteroatoms. The largest absolute Gasteiger partial charge is 0.294 e. The van der Waals surface area contributed by atoms with E-state index >= 15 is 0 Å². The van der Waals surface area contributed by atoms with Crippen LogP contribution in [-0.2, 0) is 6.54 Å². The lowest BCUT2D eigenvalue weighted by atomic mass is 10.1. The quantitative estimate of drug-likeness (QED) is 0.757. The standard InChI is InChI=1S/C12H17ClN2S/c1-9-10(2)16-6-5-15(9)8-11-3-4-14-12(13)7-11/h3-4,7,9-10H,5-6,8H2,1-2H3. The Morgan fingerprint density at radius 2 is 2.38 bits per heavy atom. The van der Waals surface area contributed by atoms with Gasteiger partial charge in [0.15, 0.2) is 0 Å². The smallest absolute Gasteiger partial charge is 0.129 e. The van der Waals surface area contributed by atoms with Gasteiger partial charge in [0.25, 0.3) is 0 Å². The molecule has 1 aromatic rings. The van der Waals surface area contributed by atoms with Crippen LogP contribution in [0.25, 0.3) is 0 Å². The first-order chi connectivity index (χ1) is 7.66. The van der Waals surface area contributed by atoms with Crippen LogP contribution in [0.1, 0.15) is 19.4 Å². The molecule has 1 saturated heterocycles. The van der Waals surface area contributed by atoms with Crippen molar-refractivity contribution in [2.45, 2.75) is 31.7 Å². The van der Waals surface area contributed by atoms with Crippen molar-refractivity contribution in [3.8, 4) is 0 Å². The predicted octanol–water partition coefficient (Wildman–Crippen LogP) is 3.06. The summed E-state index contributed by atoms with van der Waals surface area (Å²) in [5, 5.41) is 1.30. The Balaban J connectivity index is 2.03. The fraction of sp³-hybridized carbons (Fsp3) is 0.583. The number of thioether (sulfide) groups is 1. The first kappa shape index (κ1) is 12.2. The normalized spacial score (nSPS) is 26.9. The lowest BCUT2D eigenvalue weighted by Crippen LogP contribution is -2.43. The maximum absolute atomic E-state index is 5.89. The monoisotopic (exact) mass is 256 g/mol. The van der Waals surface area contributed by atoms with Crippen LogP contribution in [-0.4, -0.2) is 33.5 Å². The summed E-state index contributed by atoms with van der Waals surface area (Å²) >= 11 is 7.96. The Labute approximate surface area is 106 Å². The van der Waals surface area contributed by atoms with E-state index in [1.807, 2.05) is 12.1 Å². The predicted molar refractivity (Wildman–Crippen MR) is 71.0 cm³/mol. The zero-order valence-corrected chi connectivity index (χ0v) is 11.3. The van der Waals surface area contributed by atoms with Gasteiger partial charge in [0, 0.05) is 36.3 Å². The van der Waals surface area contributed by atoms with Gasteiger partial charge in [-0.05, 0) is 24.6 Å². The lowest BCUT2D eigenvalue weighted by Gasteiger charge is -2.37. The van der Waals surface area contributed by atoms with Crippen LogP contribution >= 0.6 is 23.4 Å². The Kier molecular flexibility index (Phi) is 4.11. The van der Waals surface area contributed by atoms with E-state index in [4.69, 9.17) is 11.6 Å². The zero-order valence-electron chi connectivity index (χ0n) is 9.69. The molecule has 1 aromatic heterocycles. The average Bonchev–Trinajstić information content (AvgIpc) is 2.25. The summed E-state index contributed by atoms with van der Waals surface area (Å²) in [5.74, 6) is 1.23. The van der Waals surface area contributed by atoms with Crippen molar-refractivity contribution in [2.24, 2.45) is 0 Å².